The molecule has 0 spiro atoms. The van der Waals surface area contributed by atoms with E-state index < -0.39 is 0 Å². The van der Waals surface area contributed by atoms with E-state index in [0.29, 0.717) is 0 Å². The van der Waals surface area contributed by atoms with Crippen LogP contribution in [0.4, 0.5) is 0 Å². The summed E-state index contributed by atoms with van der Waals surface area (Å²) in [6.45, 7) is 1.91. The number of nitrogens with zero attached hydrogens (tertiary/aromatic N) is 1. The number of terminal acetylenes is 1. The van der Waals surface area contributed by atoms with E-state index in [1.165, 1.54) is 0 Å². The molecule has 0 radical (unpaired) electrons. The summed E-state index contributed by atoms with van der Waals surface area (Å²) in [5, 5.41) is 0. The van der Waals surface area contributed by atoms with Gasteiger partial charge in [-0.15, -0.1) is 0 Å². The van der Waals surface area contributed by atoms with E-state index in [4.69, 9.17) is 6.42 Å². The molecular weight excluding hydrogens is 86.1 g/mol. The van der Waals surface area contributed by atoms with Gasteiger partial charge in [-0.3, -0.25) is 0 Å². The van der Waals surface area contributed by atoms with Gasteiger partial charge in [0.05, 0.1) is 0 Å². The molecule has 0 N–H and O–H groups in total. The monoisotopic (exact) mass is 93.1 g/mol. The minimum atomic E-state index is 1.57. The quantitative estimate of drug-likeness (QED) is 0.341. The standard InChI is InChI=1S/C6H7N/c1-3-5-6-7-4-2/h2-3,5-6H,1H3/b5-3-,7-6?. The highest BCUT2D eigenvalue weighted by atomic mass is 14.6. The van der Waals surface area contributed by atoms with Crippen LogP contribution in [-0.4, -0.2) is 6.21 Å². The zero-order valence-electron chi connectivity index (χ0n) is 4.26. The normalized spacial score (nSPS) is 10.3. The van der Waals surface area contributed by atoms with Crippen LogP contribution < -0.4 is 0 Å². The molecule has 0 aromatic rings. The van der Waals surface area contributed by atoms with Gasteiger partial charge in [0, 0.05) is 12.3 Å². The summed E-state index contributed by atoms with van der Waals surface area (Å²) in [7, 11) is 0. The van der Waals surface area contributed by atoms with E-state index in [9.17, 15) is 0 Å². The molecule has 0 amide bonds. The Labute approximate surface area is 43.8 Å². The highest BCUT2D eigenvalue weighted by Crippen LogP contribution is 1.62. The molecule has 0 aromatic heterocycles. The maximum Gasteiger partial charge on any atom is 0.0372 e. The Morgan fingerprint density at radius 2 is 2.43 bits per heavy atom. The Hall–Kier alpha value is -1.03. The van der Waals surface area contributed by atoms with Crippen molar-refractivity contribution in [1.29, 1.82) is 0 Å². The maximum absolute atomic E-state index is 4.79. The van der Waals surface area contributed by atoms with E-state index in [-0.39, 0.29) is 0 Å². The average Bonchev–Trinajstić information content (AvgIpc) is 1.69. The van der Waals surface area contributed by atoms with E-state index in [0.717, 1.165) is 0 Å². The van der Waals surface area contributed by atoms with Crippen molar-refractivity contribution < 1.29 is 0 Å². The molecular formula is C6H7N. The Morgan fingerprint density at radius 1 is 1.71 bits per heavy atom. The Kier molecular flexibility index (Phi) is 4.24. The first-order chi connectivity index (χ1) is 3.41. The molecule has 0 unspecified atom stereocenters. The van der Waals surface area contributed by atoms with Gasteiger partial charge in [0.15, 0.2) is 0 Å². The van der Waals surface area contributed by atoms with Gasteiger partial charge in [0.2, 0.25) is 0 Å². The largest absolute Gasteiger partial charge is 0.206 e. The lowest BCUT2D eigenvalue weighted by Crippen LogP contribution is -1.56. The lowest BCUT2D eigenvalue weighted by molar-refractivity contribution is 1.71. The van der Waals surface area contributed by atoms with Crippen LogP contribution in [0.25, 0.3) is 0 Å². The molecule has 0 fully saturated rings. The van der Waals surface area contributed by atoms with Crippen LogP contribution in [0.2, 0.25) is 0 Å². The first-order valence-corrected chi connectivity index (χ1v) is 2.01. The maximum atomic E-state index is 4.79. The summed E-state index contributed by atoms with van der Waals surface area (Å²) in [5.74, 6) is 0. The minimum Gasteiger partial charge on any atom is -0.206 e. The van der Waals surface area contributed by atoms with Crippen LogP contribution in [0.5, 0.6) is 0 Å². The van der Waals surface area contributed by atoms with Crippen LogP contribution >= 0.6 is 0 Å². The molecule has 36 valence electrons. The molecule has 1 heteroatoms. The van der Waals surface area contributed by atoms with Gasteiger partial charge in [-0.25, -0.2) is 4.99 Å². The van der Waals surface area contributed by atoms with Crippen LogP contribution in [0.15, 0.2) is 17.1 Å². The lowest BCUT2D eigenvalue weighted by atomic mass is 10.6. The van der Waals surface area contributed by atoms with Crippen molar-refractivity contribution in [3.63, 3.8) is 0 Å². The number of allylic oxidation sites excluding steroid dienone is 2. The van der Waals surface area contributed by atoms with Crippen molar-refractivity contribution >= 4 is 6.21 Å². The summed E-state index contributed by atoms with van der Waals surface area (Å²) < 4.78 is 0. The third-order valence-electron chi connectivity index (χ3n) is 0.428. The average molecular weight is 93.1 g/mol. The summed E-state index contributed by atoms with van der Waals surface area (Å²) in [5.41, 5.74) is 0. The topological polar surface area (TPSA) is 12.4 Å². The smallest absolute Gasteiger partial charge is 0.0372 e. The molecule has 0 aliphatic carbocycles. The van der Waals surface area contributed by atoms with Gasteiger partial charge in [-0.2, -0.15) is 0 Å². The number of aliphatic imine (C=N–C) groups is 1. The molecule has 0 saturated heterocycles. The zero-order chi connectivity index (χ0) is 5.54. The molecule has 0 aliphatic rings. The SMILES string of the molecule is C#CN=C/C=C\C. The van der Waals surface area contributed by atoms with Crippen molar-refractivity contribution in [2.75, 3.05) is 0 Å². The van der Waals surface area contributed by atoms with E-state index in [1.54, 1.807) is 12.3 Å². The van der Waals surface area contributed by atoms with Crippen molar-refractivity contribution in [3.8, 4) is 12.5 Å². The second-order valence-corrected chi connectivity index (χ2v) is 0.933. The molecule has 0 bridgehead atoms. The minimum absolute atomic E-state index is 1.57. The summed E-state index contributed by atoms with van der Waals surface area (Å²) >= 11 is 0. The molecule has 7 heavy (non-hydrogen) atoms. The van der Waals surface area contributed by atoms with Gasteiger partial charge in [0.1, 0.15) is 0 Å². The van der Waals surface area contributed by atoms with Crippen LogP contribution in [0.1, 0.15) is 6.92 Å². The second kappa shape index (κ2) is 4.97. The van der Waals surface area contributed by atoms with Gasteiger partial charge >= 0.3 is 0 Å². The number of rotatable bonds is 1. The fraction of sp³-hybridized carbons (Fsp3) is 0.167. The van der Waals surface area contributed by atoms with Crippen molar-refractivity contribution in [1.82, 2.24) is 0 Å². The van der Waals surface area contributed by atoms with Crippen LogP contribution in [0.3, 0.4) is 0 Å². The van der Waals surface area contributed by atoms with Crippen molar-refractivity contribution in [2.24, 2.45) is 4.99 Å². The van der Waals surface area contributed by atoms with Gasteiger partial charge in [-0.1, -0.05) is 12.5 Å². The predicted molar refractivity (Wildman–Crippen MR) is 32.1 cm³/mol. The predicted octanol–water partition coefficient (Wildman–Crippen LogP) is 1.22. The molecule has 0 aromatic carbocycles. The Bertz CT molecular complexity index is 115. The van der Waals surface area contributed by atoms with Gasteiger partial charge in [-0.05, 0) is 13.0 Å². The molecule has 1 nitrogen and oxygen atoms in total. The summed E-state index contributed by atoms with van der Waals surface area (Å²) in [6.07, 6.45) is 10.00. The Balaban J connectivity index is 3.33. The number of hydrogen-bond donors (Lipinski definition) is 0. The highest BCUT2D eigenvalue weighted by Gasteiger charge is 1.52. The first-order valence-electron chi connectivity index (χ1n) is 2.01. The molecule has 0 saturated carbocycles. The molecule has 0 atom stereocenters. The van der Waals surface area contributed by atoms with E-state index >= 15 is 0 Å². The first kappa shape index (κ1) is 5.97. The van der Waals surface area contributed by atoms with Gasteiger partial charge < -0.3 is 0 Å². The van der Waals surface area contributed by atoms with Crippen molar-refractivity contribution in [3.05, 3.63) is 12.2 Å². The zero-order valence-corrected chi connectivity index (χ0v) is 4.26. The highest BCUT2D eigenvalue weighted by molar-refractivity contribution is 5.71. The summed E-state index contributed by atoms with van der Waals surface area (Å²) in [4.78, 5) is 3.48. The molecule has 0 heterocycles. The lowest BCUT2D eigenvalue weighted by Gasteiger charge is -1.63. The van der Waals surface area contributed by atoms with E-state index in [1.807, 2.05) is 13.0 Å². The fourth-order valence-electron chi connectivity index (χ4n) is 0.172. The fourth-order valence-corrected chi connectivity index (χ4v) is 0.172. The number of hydrogen-bond acceptors (Lipinski definition) is 1. The molecule has 0 aliphatic heterocycles. The van der Waals surface area contributed by atoms with Crippen molar-refractivity contribution in [2.45, 2.75) is 6.92 Å². The second-order valence-electron chi connectivity index (χ2n) is 0.933. The third kappa shape index (κ3) is 4.97. The molecule has 0 rings (SSSR count). The van der Waals surface area contributed by atoms with Crippen LogP contribution in [-0.2, 0) is 0 Å². The van der Waals surface area contributed by atoms with Crippen LogP contribution in [0, 0.1) is 12.5 Å². The Morgan fingerprint density at radius 3 is 2.86 bits per heavy atom. The summed E-state index contributed by atoms with van der Waals surface area (Å²) in [6, 6.07) is 2.12. The van der Waals surface area contributed by atoms with Gasteiger partial charge in [0.25, 0.3) is 0 Å². The van der Waals surface area contributed by atoms with E-state index in [2.05, 4.69) is 11.0 Å². The third-order valence-corrected chi connectivity index (χ3v) is 0.428.